The van der Waals surface area contributed by atoms with Gasteiger partial charge in [-0.05, 0) is 62.1 Å². The predicted molar refractivity (Wildman–Crippen MR) is 133 cm³/mol. The van der Waals surface area contributed by atoms with Crippen LogP contribution in [0, 0.1) is 0 Å². The third-order valence-corrected chi connectivity index (χ3v) is 6.54. The van der Waals surface area contributed by atoms with Crippen molar-refractivity contribution in [2.75, 3.05) is 24.6 Å². The zero-order chi connectivity index (χ0) is 26.2. The van der Waals surface area contributed by atoms with Crippen LogP contribution in [0.2, 0.25) is 0 Å². The number of β-amino-alcohol motifs (C(OH)–C–C–N with tert-alkyl or cyclic N) is 1. The summed E-state index contributed by atoms with van der Waals surface area (Å²) in [5.74, 6) is -0.314. The number of carbonyl (C=O) groups is 1. The Balaban J connectivity index is 1.63. The Morgan fingerprint density at radius 3 is 2.62 bits per heavy atom. The zero-order valence-corrected chi connectivity index (χ0v) is 20.6. The third-order valence-electron chi connectivity index (χ3n) is 6.47. The van der Waals surface area contributed by atoms with Crippen LogP contribution < -0.4 is 15.4 Å². The topological polar surface area (TPSA) is 116 Å². The number of pyridine rings is 1. The first-order chi connectivity index (χ1) is 17.7. The lowest BCUT2D eigenvalue weighted by molar-refractivity contribution is -0.0964. The zero-order valence-electron chi connectivity index (χ0n) is 19.8. The molecule has 2 saturated heterocycles. The molecule has 5 rings (SSSR count). The first kappa shape index (κ1) is 25.4. The number of aromatic nitrogens is 3. The lowest BCUT2D eigenvalue weighted by Crippen LogP contribution is -2.25. The number of hydrogen-bond donors (Lipinski definition) is 2. The number of alkyl halides is 3. The Hall–Kier alpha value is -3.28. The number of aliphatic hydroxyl groups excluding tert-OH is 1. The molecule has 1 aromatic carbocycles. The Morgan fingerprint density at radius 1 is 1.22 bits per heavy atom. The van der Waals surface area contributed by atoms with Gasteiger partial charge in [0.25, 0.3) is 5.91 Å². The summed E-state index contributed by atoms with van der Waals surface area (Å²) in [6.07, 6.45) is 4.26. The fourth-order valence-electron chi connectivity index (χ4n) is 4.76. The molecule has 12 heteroatoms. The number of anilines is 1. The molecule has 3 N–H and O–H groups in total. The van der Waals surface area contributed by atoms with Gasteiger partial charge in [0.1, 0.15) is 11.6 Å². The van der Waals surface area contributed by atoms with E-state index in [1.54, 1.807) is 16.9 Å². The van der Waals surface area contributed by atoms with Crippen LogP contribution in [0.15, 0.2) is 42.6 Å². The van der Waals surface area contributed by atoms with Crippen molar-refractivity contribution in [3.05, 3.63) is 48.2 Å². The minimum atomic E-state index is -3.85. The van der Waals surface area contributed by atoms with Crippen molar-refractivity contribution >= 4 is 23.3 Å². The first-order valence-corrected chi connectivity index (χ1v) is 12.4. The highest BCUT2D eigenvalue weighted by molar-refractivity contribution is 6.20. The molecule has 3 aromatic rings. The third kappa shape index (κ3) is 5.53. The lowest BCUT2D eigenvalue weighted by atomic mass is 10.0. The second kappa shape index (κ2) is 10.2. The largest absolute Gasteiger partial charge is 0.487 e. The van der Waals surface area contributed by atoms with Crippen molar-refractivity contribution in [1.29, 1.82) is 0 Å². The summed E-state index contributed by atoms with van der Waals surface area (Å²) in [5.41, 5.74) is 4.14. The molecule has 1 amide bonds. The Bertz CT molecular complexity index is 1280. The molecular formula is C25H26ClF2N5O4. The second-order valence-corrected chi connectivity index (χ2v) is 9.50. The van der Waals surface area contributed by atoms with Gasteiger partial charge < -0.3 is 25.2 Å². The van der Waals surface area contributed by atoms with Crippen LogP contribution in [0.5, 0.6) is 5.75 Å². The Morgan fingerprint density at radius 2 is 2.00 bits per heavy atom. The number of ether oxygens (including phenoxy) is 2. The van der Waals surface area contributed by atoms with E-state index in [4.69, 9.17) is 27.1 Å². The van der Waals surface area contributed by atoms with E-state index >= 15 is 0 Å². The van der Waals surface area contributed by atoms with Gasteiger partial charge in [0.15, 0.2) is 6.23 Å². The van der Waals surface area contributed by atoms with Crippen LogP contribution in [0.4, 0.5) is 14.6 Å². The number of primary amides is 1. The molecule has 0 bridgehead atoms. The molecule has 2 fully saturated rings. The van der Waals surface area contributed by atoms with Crippen molar-refractivity contribution in [3.8, 4) is 28.3 Å². The molecule has 1 unspecified atom stereocenters. The highest BCUT2D eigenvalue weighted by atomic mass is 35.5. The van der Waals surface area contributed by atoms with E-state index in [1.165, 1.54) is 24.3 Å². The van der Waals surface area contributed by atoms with Crippen molar-refractivity contribution < 1.29 is 28.2 Å². The number of nitrogens with two attached hydrogens (primary N) is 1. The van der Waals surface area contributed by atoms with Gasteiger partial charge in [0.05, 0.1) is 23.1 Å². The number of benzene rings is 1. The van der Waals surface area contributed by atoms with Gasteiger partial charge in [-0.1, -0.05) is 0 Å². The number of carbonyl (C=O) groups excluding carboxylic acids is 1. The molecule has 2 aromatic heterocycles. The van der Waals surface area contributed by atoms with E-state index in [2.05, 4.69) is 9.84 Å². The summed E-state index contributed by atoms with van der Waals surface area (Å²) in [6, 6.07) is 9.10. The predicted octanol–water partition coefficient (Wildman–Crippen LogP) is 4.15. The maximum absolute atomic E-state index is 13.0. The molecule has 196 valence electrons. The molecule has 0 aliphatic carbocycles. The molecule has 2 aliphatic heterocycles. The van der Waals surface area contributed by atoms with E-state index in [1.807, 2.05) is 11.0 Å². The van der Waals surface area contributed by atoms with Crippen LogP contribution in [0.25, 0.3) is 22.5 Å². The average molecular weight is 534 g/mol. The molecule has 37 heavy (non-hydrogen) atoms. The number of halogens is 3. The summed E-state index contributed by atoms with van der Waals surface area (Å²) in [4.78, 5) is 19.4. The van der Waals surface area contributed by atoms with Crippen LogP contribution in [-0.4, -0.2) is 57.1 Å². The lowest BCUT2D eigenvalue weighted by Gasteiger charge is -2.27. The van der Waals surface area contributed by atoms with Crippen molar-refractivity contribution in [1.82, 2.24) is 14.8 Å². The van der Waals surface area contributed by atoms with Crippen LogP contribution in [0.3, 0.4) is 0 Å². The van der Waals surface area contributed by atoms with E-state index in [9.17, 15) is 18.7 Å². The van der Waals surface area contributed by atoms with Gasteiger partial charge in [-0.3, -0.25) is 4.79 Å². The highest BCUT2D eigenvalue weighted by Crippen LogP contribution is 2.38. The average Bonchev–Trinajstić information content (AvgIpc) is 3.52. The Kier molecular flexibility index (Phi) is 7.02. The molecular weight excluding hydrogens is 508 g/mol. The molecule has 0 saturated carbocycles. The minimum absolute atomic E-state index is 0.146. The van der Waals surface area contributed by atoms with Gasteiger partial charge in [0, 0.05) is 48.6 Å². The maximum atomic E-state index is 13.0. The number of aliphatic hydroxyl groups is 1. The summed E-state index contributed by atoms with van der Waals surface area (Å²) < 4.78 is 38.2. The summed E-state index contributed by atoms with van der Waals surface area (Å²) in [5, 5.41) is 14.7. The highest BCUT2D eigenvalue weighted by Gasteiger charge is 2.30. The molecule has 2 aliphatic rings. The molecule has 9 nitrogen and oxygen atoms in total. The molecule has 4 heterocycles. The number of nitrogens with zero attached hydrogens (tertiary/aromatic N) is 4. The van der Waals surface area contributed by atoms with Gasteiger partial charge in [0.2, 0.25) is 0 Å². The SMILES string of the molecule is NC(=O)c1cc(-c2ccnn2C2CCCCO2)c(N2CC[C@@H](O)C2)nc1-c1ccc(OC(F)(F)Cl)cc1. The van der Waals surface area contributed by atoms with E-state index < -0.39 is 17.6 Å². The van der Waals surface area contributed by atoms with Gasteiger partial charge in [-0.2, -0.15) is 5.10 Å². The Labute approximate surface area is 216 Å². The van der Waals surface area contributed by atoms with Crippen LogP contribution in [0.1, 0.15) is 42.3 Å². The first-order valence-electron chi connectivity index (χ1n) is 12.0. The normalized spacial score (nSPS) is 20.3. The van der Waals surface area contributed by atoms with Gasteiger partial charge >= 0.3 is 5.57 Å². The minimum Gasteiger partial charge on any atom is -0.420 e. The summed E-state index contributed by atoms with van der Waals surface area (Å²) in [7, 11) is 0. The molecule has 0 radical (unpaired) electrons. The van der Waals surface area contributed by atoms with Gasteiger partial charge in [-0.25, -0.2) is 9.67 Å². The van der Waals surface area contributed by atoms with E-state index in [-0.39, 0.29) is 23.2 Å². The van der Waals surface area contributed by atoms with Crippen LogP contribution in [-0.2, 0) is 4.74 Å². The molecule has 2 atom stereocenters. The smallest absolute Gasteiger partial charge is 0.420 e. The molecule has 0 spiro atoms. The quantitative estimate of drug-likeness (QED) is 0.438. The summed E-state index contributed by atoms with van der Waals surface area (Å²) >= 11 is 4.86. The van der Waals surface area contributed by atoms with E-state index in [0.29, 0.717) is 48.8 Å². The number of rotatable bonds is 7. The van der Waals surface area contributed by atoms with Crippen LogP contribution >= 0.6 is 11.6 Å². The summed E-state index contributed by atoms with van der Waals surface area (Å²) in [6.45, 7) is 1.55. The number of amides is 1. The number of hydrogen-bond acceptors (Lipinski definition) is 7. The van der Waals surface area contributed by atoms with E-state index in [0.717, 1.165) is 19.3 Å². The monoisotopic (exact) mass is 533 g/mol. The van der Waals surface area contributed by atoms with Gasteiger partial charge in [-0.15, -0.1) is 8.78 Å². The van der Waals surface area contributed by atoms with Crippen molar-refractivity contribution in [2.45, 2.75) is 43.6 Å². The fraction of sp³-hybridized carbons (Fsp3) is 0.400. The second-order valence-electron chi connectivity index (χ2n) is 9.06. The standard InChI is InChI=1S/C25H26ClF2N5O4/c26-25(27,28)37-17-6-4-15(5-7-17)22-19(23(29)35)13-18(24(31-22)32-11-9-16(34)14-32)20-8-10-30-33(20)21-3-1-2-12-36-21/h4-8,10,13,16,21,34H,1-3,9,11-12,14H2,(H2,29,35)/t16-,21?/m1/s1. The fourth-order valence-corrected chi connectivity index (χ4v) is 4.85. The maximum Gasteiger partial charge on any atom is 0.487 e. The van der Waals surface area contributed by atoms with Crippen molar-refractivity contribution in [3.63, 3.8) is 0 Å². The van der Waals surface area contributed by atoms with Crippen molar-refractivity contribution in [2.24, 2.45) is 5.73 Å².